The Morgan fingerprint density at radius 3 is 2.65 bits per heavy atom. The molecule has 0 aliphatic carbocycles. The van der Waals surface area contributed by atoms with E-state index < -0.39 is 5.67 Å². The van der Waals surface area contributed by atoms with Gasteiger partial charge >= 0.3 is 0 Å². The lowest BCUT2D eigenvalue weighted by molar-refractivity contribution is -0.00876. The first-order valence-electron chi connectivity index (χ1n) is 13.5. The van der Waals surface area contributed by atoms with Crippen LogP contribution in [0.1, 0.15) is 17.5 Å². The van der Waals surface area contributed by atoms with Crippen LogP contribution in [-0.4, -0.2) is 82.1 Å². The van der Waals surface area contributed by atoms with Crippen LogP contribution in [0.25, 0.3) is 16.6 Å². The molecule has 11 heteroatoms. The SMILES string of the molecule is COc1ccc(CN2C3CC2CN(c2ccc(-c4cc(NCC5(F)CNC5)cn5ncc(C#N)c45)cn2)C3)cn1. The fraction of sp³-hybridized carbons (Fsp3) is 0.379. The van der Waals surface area contributed by atoms with Gasteiger partial charge in [-0.1, -0.05) is 6.07 Å². The van der Waals surface area contributed by atoms with Gasteiger partial charge in [-0.05, 0) is 30.2 Å². The summed E-state index contributed by atoms with van der Waals surface area (Å²) in [5.41, 5.74) is 3.59. The number of anilines is 2. The van der Waals surface area contributed by atoms with E-state index in [1.54, 1.807) is 24.0 Å². The van der Waals surface area contributed by atoms with Crippen molar-refractivity contribution in [2.75, 3.05) is 50.1 Å². The molecule has 0 saturated carbocycles. The number of hydrogen-bond donors (Lipinski definition) is 2. The van der Waals surface area contributed by atoms with E-state index in [1.165, 1.54) is 12.0 Å². The molecule has 2 unspecified atom stereocenters. The topological polar surface area (TPSA) is 107 Å². The Kier molecular flexibility index (Phi) is 6.02. The predicted octanol–water partition coefficient (Wildman–Crippen LogP) is 2.86. The molecule has 4 fully saturated rings. The number of pyridine rings is 3. The van der Waals surface area contributed by atoms with Crippen molar-refractivity contribution < 1.29 is 9.13 Å². The van der Waals surface area contributed by atoms with Crippen molar-refractivity contribution in [2.45, 2.75) is 30.7 Å². The van der Waals surface area contributed by atoms with E-state index in [4.69, 9.17) is 9.72 Å². The normalized spacial score (nSPS) is 21.4. The molecule has 2 atom stereocenters. The minimum absolute atomic E-state index is 0.206. The van der Waals surface area contributed by atoms with Crippen molar-refractivity contribution in [2.24, 2.45) is 0 Å². The Morgan fingerprint density at radius 1 is 1.15 bits per heavy atom. The number of hydrogen-bond acceptors (Lipinski definition) is 9. The summed E-state index contributed by atoms with van der Waals surface area (Å²) in [6.45, 7) is 3.64. The zero-order chi connectivity index (χ0) is 27.3. The van der Waals surface area contributed by atoms with Gasteiger partial charge in [-0.15, -0.1) is 0 Å². The standard InChI is InChI=1S/C29H30FN9O/c1-40-27-5-2-19(9-34-27)12-38-23-7-24(38)15-37(14-23)26-4-3-20(10-33-26)25-6-22(35-18-29(30)16-32-17-29)13-39-28(25)21(8-31)11-36-39/h2-6,9-11,13,23-24,32,35H,7,12,14-18H2,1H3. The van der Waals surface area contributed by atoms with Crippen molar-refractivity contribution in [1.29, 1.82) is 5.26 Å². The Morgan fingerprint density at radius 2 is 2.00 bits per heavy atom. The number of rotatable bonds is 8. The molecule has 4 saturated heterocycles. The summed E-state index contributed by atoms with van der Waals surface area (Å²) in [6, 6.07) is 13.2. The van der Waals surface area contributed by atoms with E-state index in [2.05, 4.69) is 42.7 Å². The molecule has 10 nitrogen and oxygen atoms in total. The Balaban J connectivity index is 1.08. The van der Waals surface area contributed by atoms with Crippen molar-refractivity contribution >= 4 is 17.0 Å². The van der Waals surface area contributed by atoms with Crippen LogP contribution in [0.5, 0.6) is 5.88 Å². The second kappa shape index (κ2) is 9.73. The summed E-state index contributed by atoms with van der Waals surface area (Å²) in [4.78, 5) is 14.1. The minimum atomic E-state index is -1.25. The van der Waals surface area contributed by atoms with Gasteiger partial charge in [-0.2, -0.15) is 10.4 Å². The lowest BCUT2D eigenvalue weighted by Gasteiger charge is -2.56. The maximum atomic E-state index is 14.6. The van der Waals surface area contributed by atoms with Crippen LogP contribution < -0.4 is 20.3 Å². The van der Waals surface area contributed by atoms with Gasteiger partial charge in [0.05, 0.1) is 42.8 Å². The number of nitrogens with zero attached hydrogens (tertiary/aromatic N) is 7. The lowest BCUT2D eigenvalue weighted by Crippen LogP contribution is -2.68. The summed E-state index contributed by atoms with van der Waals surface area (Å²) in [6.07, 6.45) is 8.31. The van der Waals surface area contributed by atoms with Crippen LogP contribution in [0.2, 0.25) is 0 Å². The molecule has 4 aromatic rings. The molecule has 8 rings (SSSR count). The number of nitriles is 1. The van der Waals surface area contributed by atoms with Gasteiger partial charge in [-0.3, -0.25) is 4.90 Å². The number of piperazine rings is 1. The molecule has 0 radical (unpaired) electrons. The number of alkyl halides is 1. The van der Waals surface area contributed by atoms with Crippen LogP contribution in [0, 0.1) is 11.3 Å². The van der Waals surface area contributed by atoms with Crippen LogP contribution in [-0.2, 0) is 6.54 Å². The second-order valence-corrected chi connectivity index (χ2v) is 10.9. The van der Waals surface area contributed by atoms with Gasteiger partial charge in [0.2, 0.25) is 5.88 Å². The number of nitrogens with one attached hydrogen (secondary N) is 2. The highest BCUT2D eigenvalue weighted by atomic mass is 19.1. The molecule has 4 aromatic heterocycles. The van der Waals surface area contributed by atoms with E-state index in [1.807, 2.05) is 36.7 Å². The van der Waals surface area contributed by atoms with Gasteiger partial charge in [0.1, 0.15) is 11.9 Å². The van der Waals surface area contributed by atoms with Gasteiger partial charge < -0.3 is 20.3 Å². The predicted molar refractivity (Wildman–Crippen MR) is 149 cm³/mol. The summed E-state index contributed by atoms with van der Waals surface area (Å²) < 4.78 is 21.4. The highest BCUT2D eigenvalue weighted by Crippen LogP contribution is 2.36. The molecule has 40 heavy (non-hydrogen) atoms. The quantitative estimate of drug-likeness (QED) is 0.350. The second-order valence-electron chi connectivity index (χ2n) is 10.9. The average Bonchev–Trinajstić information content (AvgIpc) is 3.41. The van der Waals surface area contributed by atoms with Gasteiger partial charge in [0.15, 0.2) is 5.67 Å². The van der Waals surface area contributed by atoms with E-state index in [9.17, 15) is 9.65 Å². The van der Waals surface area contributed by atoms with Crippen LogP contribution in [0.3, 0.4) is 0 Å². The summed E-state index contributed by atoms with van der Waals surface area (Å²) in [5.74, 6) is 1.58. The molecule has 2 bridgehead atoms. The van der Waals surface area contributed by atoms with Crippen molar-refractivity contribution in [1.82, 2.24) is 29.8 Å². The molecular weight excluding hydrogens is 509 g/mol. The number of fused-ring (bicyclic) bond motifs is 3. The maximum Gasteiger partial charge on any atom is 0.212 e. The van der Waals surface area contributed by atoms with E-state index in [0.717, 1.165) is 42.3 Å². The van der Waals surface area contributed by atoms with Gasteiger partial charge in [0, 0.05) is 74.4 Å². The first kappa shape index (κ1) is 24.7. The minimum Gasteiger partial charge on any atom is -0.481 e. The zero-order valence-corrected chi connectivity index (χ0v) is 22.2. The van der Waals surface area contributed by atoms with Gasteiger partial charge in [-0.25, -0.2) is 18.9 Å². The number of methoxy groups -OCH3 is 1. The lowest BCUT2D eigenvalue weighted by atomic mass is 9.87. The molecule has 204 valence electrons. The number of aromatic nitrogens is 4. The summed E-state index contributed by atoms with van der Waals surface area (Å²) in [5, 5.41) is 20.2. The molecule has 8 heterocycles. The van der Waals surface area contributed by atoms with E-state index in [0.29, 0.717) is 42.1 Å². The molecule has 0 aromatic carbocycles. The molecule has 4 aliphatic heterocycles. The first-order valence-corrected chi connectivity index (χ1v) is 13.5. The Labute approximate surface area is 231 Å². The average molecular weight is 540 g/mol. The number of ether oxygens (including phenoxy) is 1. The maximum absolute atomic E-state index is 14.6. The van der Waals surface area contributed by atoms with Gasteiger partial charge in [0.25, 0.3) is 0 Å². The van der Waals surface area contributed by atoms with E-state index >= 15 is 0 Å². The molecule has 4 aliphatic rings. The Bertz CT molecular complexity index is 1560. The van der Waals surface area contributed by atoms with Crippen LogP contribution >= 0.6 is 0 Å². The summed E-state index contributed by atoms with van der Waals surface area (Å²) >= 11 is 0. The van der Waals surface area contributed by atoms with Crippen LogP contribution in [0.15, 0.2) is 55.1 Å². The zero-order valence-electron chi connectivity index (χ0n) is 22.2. The third-order valence-corrected chi connectivity index (χ3v) is 8.32. The summed E-state index contributed by atoms with van der Waals surface area (Å²) in [7, 11) is 1.63. The fourth-order valence-corrected chi connectivity index (χ4v) is 6.00. The highest BCUT2D eigenvalue weighted by Gasteiger charge is 2.44. The fourth-order valence-electron chi connectivity index (χ4n) is 6.00. The monoisotopic (exact) mass is 539 g/mol. The molecule has 0 amide bonds. The molecule has 2 N–H and O–H groups in total. The largest absolute Gasteiger partial charge is 0.481 e. The Hall–Kier alpha value is -4.27. The van der Waals surface area contributed by atoms with Crippen molar-refractivity contribution in [3.05, 3.63) is 66.2 Å². The van der Waals surface area contributed by atoms with Crippen LogP contribution in [0.4, 0.5) is 15.9 Å². The van der Waals surface area contributed by atoms with Crippen molar-refractivity contribution in [3.63, 3.8) is 0 Å². The number of halogens is 1. The third-order valence-electron chi connectivity index (χ3n) is 8.32. The van der Waals surface area contributed by atoms with Crippen molar-refractivity contribution in [3.8, 4) is 23.1 Å². The smallest absolute Gasteiger partial charge is 0.212 e. The number of piperidine rings is 1. The first-order chi connectivity index (χ1) is 19.5. The highest BCUT2D eigenvalue weighted by molar-refractivity contribution is 5.86. The third kappa shape index (κ3) is 4.39. The van der Waals surface area contributed by atoms with E-state index in [-0.39, 0.29) is 6.54 Å². The molecular formula is C29H30FN9O. The molecule has 0 spiro atoms.